The second-order valence-electron chi connectivity index (χ2n) is 3.32. The van der Waals surface area contributed by atoms with E-state index in [1.165, 1.54) is 0 Å². The third-order valence-electron chi connectivity index (χ3n) is 2.09. The maximum atomic E-state index is 4.51. The minimum atomic E-state index is 0.851. The van der Waals surface area contributed by atoms with Gasteiger partial charge in [-0.25, -0.2) is 4.99 Å². The number of para-hydroxylation sites is 1. The highest BCUT2D eigenvalue weighted by Crippen LogP contribution is 2.15. The van der Waals surface area contributed by atoms with Crippen molar-refractivity contribution < 1.29 is 0 Å². The Kier molecular flexibility index (Phi) is 4.16. The van der Waals surface area contributed by atoms with Crippen LogP contribution in [0.1, 0.15) is 0 Å². The van der Waals surface area contributed by atoms with Crippen LogP contribution in [0, 0.1) is 0 Å². The Hall–Kier alpha value is -1.81. The Balaban J connectivity index is 2.15. The Bertz CT molecular complexity index is 483. The van der Waals surface area contributed by atoms with Crippen molar-refractivity contribution in [2.45, 2.75) is 0 Å². The molecule has 1 aromatic carbocycles. The molecule has 4 heteroatoms. The highest BCUT2D eigenvalue weighted by Gasteiger charge is 1.98. The summed E-state index contributed by atoms with van der Waals surface area (Å²) >= 11 is 1.57. The van der Waals surface area contributed by atoms with Crippen LogP contribution in [0.25, 0.3) is 0 Å². The van der Waals surface area contributed by atoms with Crippen LogP contribution in [0.5, 0.6) is 0 Å². The van der Waals surface area contributed by atoms with E-state index in [4.69, 9.17) is 0 Å². The van der Waals surface area contributed by atoms with Gasteiger partial charge >= 0.3 is 0 Å². The zero-order valence-electron chi connectivity index (χ0n) is 9.50. The van der Waals surface area contributed by atoms with E-state index in [1.54, 1.807) is 24.2 Å². The molecule has 0 fully saturated rings. The summed E-state index contributed by atoms with van der Waals surface area (Å²) in [6, 6.07) is 13.7. The molecular formula is C13H13N3S. The fraction of sp³-hybridized carbons (Fsp3) is 0.0769. The molecule has 2 rings (SSSR count). The summed E-state index contributed by atoms with van der Waals surface area (Å²) in [6.45, 7) is 0. The summed E-state index contributed by atoms with van der Waals surface area (Å²) in [5, 5.41) is 4.08. The number of aromatic nitrogens is 1. The number of anilines is 1. The van der Waals surface area contributed by atoms with E-state index >= 15 is 0 Å². The van der Waals surface area contributed by atoms with Crippen molar-refractivity contribution in [1.29, 1.82) is 0 Å². The summed E-state index contributed by atoms with van der Waals surface area (Å²) in [4.78, 5) is 8.57. The first-order valence-electron chi connectivity index (χ1n) is 5.23. The lowest BCUT2D eigenvalue weighted by Crippen LogP contribution is -2.06. The number of aliphatic imine (C=N–C) groups is 1. The molecule has 1 heterocycles. The number of nitrogens with one attached hydrogen (secondary N) is 1. The molecular weight excluding hydrogens is 230 g/mol. The van der Waals surface area contributed by atoms with Gasteiger partial charge < -0.3 is 5.32 Å². The van der Waals surface area contributed by atoms with Gasteiger partial charge in [-0.3, -0.25) is 4.98 Å². The van der Waals surface area contributed by atoms with Crippen LogP contribution in [0.2, 0.25) is 0 Å². The molecule has 0 spiro atoms. The van der Waals surface area contributed by atoms with Gasteiger partial charge in [-0.2, -0.15) is 0 Å². The standard InChI is InChI=1S/C13H13N3S/c1-17-13(15-11-6-3-2-4-7-11)16-12-8-5-9-14-10-12/h2-10H,1H3,(H,15,16). The van der Waals surface area contributed by atoms with Crippen molar-refractivity contribution in [3.63, 3.8) is 0 Å². The molecule has 2 aromatic rings. The van der Waals surface area contributed by atoms with Crippen molar-refractivity contribution in [2.24, 2.45) is 4.99 Å². The van der Waals surface area contributed by atoms with Crippen LogP contribution in [0.4, 0.5) is 11.4 Å². The Labute approximate surface area is 105 Å². The SMILES string of the molecule is CSC(=Nc1ccccc1)Nc1cccnc1. The van der Waals surface area contributed by atoms with Crippen LogP contribution < -0.4 is 5.32 Å². The van der Waals surface area contributed by atoms with E-state index < -0.39 is 0 Å². The summed E-state index contributed by atoms with van der Waals surface area (Å²) in [5.41, 5.74) is 1.88. The Morgan fingerprint density at radius 1 is 1.18 bits per heavy atom. The minimum Gasteiger partial charge on any atom is -0.333 e. The van der Waals surface area contributed by atoms with Crippen LogP contribution >= 0.6 is 11.8 Å². The van der Waals surface area contributed by atoms with Gasteiger partial charge in [0.1, 0.15) is 0 Å². The number of hydrogen-bond donors (Lipinski definition) is 1. The molecule has 0 bridgehead atoms. The number of thioether (sulfide) groups is 1. The number of amidine groups is 1. The van der Waals surface area contributed by atoms with Gasteiger partial charge in [0.2, 0.25) is 0 Å². The maximum absolute atomic E-state index is 4.51. The van der Waals surface area contributed by atoms with Gasteiger partial charge in [-0.05, 0) is 30.5 Å². The van der Waals surface area contributed by atoms with Gasteiger partial charge in [0.15, 0.2) is 5.17 Å². The molecule has 0 saturated carbocycles. The molecule has 1 N–H and O–H groups in total. The Morgan fingerprint density at radius 2 is 2.00 bits per heavy atom. The molecule has 0 aliphatic heterocycles. The molecule has 0 saturated heterocycles. The molecule has 0 atom stereocenters. The first-order valence-corrected chi connectivity index (χ1v) is 6.46. The van der Waals surface area contributed by atoms with Crippen molar-refractivity contribution in [3.8, 4) is 0 Å². The van der Waals surface area contributed by atoms with Gasteiger partial charge in [0.25, 0.3) is 0 Å². The fourth-order valence-corrected chi connectivity index (χ4v) is 1.72. The summed E-state index contributed by atoms with van der Waals surface area (Å²) in [6.07, 6.45) is 5.51. The number of hydrogen-bond acceptors (Lipinski definition) is 3. The highest BCUT2D eigenvalue weighted by atomic mass is 32.2. The molecule has 0 unspecified atom stereocenters. The second-order valence-corrected chi connectivity index (χ2v) is 4.12. The van der Waals surface area contributed by atoms with E-state index in [9.17, 15) is 0 Å². The van der Waals surface area contributed by atoms with Gasteiger partial charge in [0.05, 0.1) is 17.6 Å². The largest absolute Gasteiger partial charge is 0.333 e. The highest BCUT2D eigenvalue weighted by molar-refractivity contribution is 8.13. The maximum Gasteiger partial charge on any atom is 0.165 e. The lowest BCUT2D eigenvalue weighted by Gasteiger charge is -2.06. The van der Waals surface area contributed by atoms with Gasteiger partial charge in [0, 0.05) is 6.20 Å². The quantitative estimate of drug-likeness (QED) is 0.647. The number of pyridine rings is 1. The topological polar surface area (TPSA) is 37.3 Å². The molecule has 0 amide bonds. The third kappa shape index (κ3) is 3.60. The first-order chi connectivity index (χ1) is 8.38. The van der Waals surface area contributed by atoms with Crippen LogP contribution in [0.15, 0.2) is 59.9 Å². The molecule has 17 heavy (non-hydrogen) atoms. The van der Waals surface area contributed by atoms with Crippen molar-refractivity contribution in [1.82, 2.24) is 4.98 Å². The lowest BCUT2D eigenvalue weighted by molar-refractivity contribution is 1.33. The number of rotatable bonds is 2. The molecule has 3 nitrogen and oxygen atoms in total. The summed E-state index contributed by atoms with van der Waals surface area (Å²) in [7, 11) is 0. The van der Waals surface area contributed by atoms with E-state index in [-0.39, 0.29) is 0 Å². The first kappa shape index (κ1) is 11.7. The molecule has 0 aliphatic carbocycles. The average molecular weight is 243 g/mol. The van der Waals surface area contributed by atoms with E-state index in [0.29, 0.717) is 0 Å². The predicted molar refractivity (Wildman–Crippen MR) is 74.9 cm³/mol. The fourth-order valence-electron chi connectivity index (χ4n) is 1.30. The third-order valence-corrected chi connectivity index (χ3v) is 2.67. The zero-order valence-corrected chi connectivity index (χ0v) is 10.3. The molecule has 86 valence electrons. The van der Waals surface area contributed by atoms with Crippen LogP contribution in [-0.2, 0) is 0 Å². The average Bonchev–Trinajstić information content (AvgIpc) is 2.40. The molecule has 0 radical (unpaired) electrons. The molecule has 1 aromatic heterocycles. The Morgan fingerprint density at radius 3 is 2.65 bits per heavy atom. The van der Waals surface area contributed by atoms with Gasteiger partial charge in [-0.1, -0.05) is 30.0 Å². The van der Waals surface area contributed by atoms with Crippen molar-refractivity contribution in [3.05, 3.63) is 54.9 Å². The summed E-state index contributed by atoms with van der Waals surface area (Å²) < 4.78 is 0. The second kappa shape index (κ2) is 6.06. The molecule has 0 aliphatic rings. The van der Waals surface area contributed by atoms with Crippen molar-refractivity contribution in [2.75, 3.05) is 11.6 Å². The number of benzene rings is 1. The minimum absolute atomic E-state index is 0.851. The van der Waals surface area contributed by atoms with E-state index in [2.05, 4.69) is 15.3 Å². The zero-order chi connectivity index (χ0) is 11.9. The van der Waals surface area contributed by atoms with E-state index in [0.717, 1.165) is 16.5 Å². The number of nitrogens with zero attached hydrogens (tertiary/aromatic N) is 2. The van der Waals surface area contributed by atoms with Crippen molar-refractivity contribution >= 4 is 28.3 Å². The van der Waals surface area contributed by atoms with E-state index in [1.807, 2.05) is 48.7 Å². The monoisotopic (exact) mass is 243 g/mol. The smallest absolute Gasteiger partial charge is 0.165 e. The normalized spacial score (nSPS) is 11.2. The van der Waals surface area contributed by atoms with Crippen LogP contribution in [-0.4, -0.2) is 16.4 Å². The van der Waals surface area contributed by atoms with Gasteiger partial charge in [-0.15, -0.1) is 0 Å². The predicted octanol–water partition coefficient (Wildman–Crippen LogP) is 3.54. The lowest BCUT2D eigenvalue weighted by atomic mass is 10.3. The summed E-state index contributed by atoms with van der Waals surface area (Å²) in [5.74, 6) is 0. The van der Waals surface area contributed by atoms with Crippen LogP contribution in [0.3, 0.4) is 0 Å².